The molecule has 0 radical (unpaired) electrons. The second-order valence-corrected chi connectivity index (χ2v) is 20.9. The molecule has 0 unspecified atom stereocenters. The fourth-order valence-electron chi connectivity index (χ4n) is 13.4. The minimum atomic E-state index is -0.0893. The van der Waals surface area contributed by atoms with Crippen LogP contribution in [-0.4, -0.2) is 15.0 Å². The lowest BCUT2D eigenvalue weighted by atomic mass is 9.50. The Balaban J connectivity index is 0.899. The molecule has 15 rings (SSSR count). The fourth-order valence-corrected chi connectivity index (χ4v) is 13.4. The molecule has 5 heteroatoms. The summed E-state index contributed by atoms with van der Waals surface area (Å²) in [4.78, 5) is 17.8. The molecule has 4 saturated carbocycles. The maximum Gasteiger partial charge on any atom is 0.164 e. The van der Waals surface area contributed by atoms with Crippen molar-refractivity contribution in [1.29, 1.82) is 0 Å². The average molecular weight is 893 g/mol. The third-order valence-electron chi connectivity index (χ3n) is 16.4. The Morgan fingerprint density at radius 1 is 0.420 bits per heavy atom. The molecule has 9 aromatic rings. The number of fused-ring (bicyclic) bond motifs is 5. The molecular weight excluding hydrogens is 841 g/mol. The molecule has 0 atom stereocenters. The van der Waals surface area contributed by atoms with Crippen LogP contribution in [-0.2, 0) is 5.41 Å². The topological polar surface area (TPSA) is 51.1 Å². The molecule has 6 aliphatic rings. The number of nitrogens with zero attached hydrogens (tertiary/aromatic N) is 4. The lowest BCUT2D eigenvalue weighted by molar-refractivity contribution is -0.00280. The first kappa shape index (κ1) is 40.4. The number of hydrogen-bond acceptors (Lipinski definition) is 5. The first-order valence-corrected chi connectivity index (χ1v) is 25.0. The molecule has 0 amide bonds. The van der Waals surface area contributed by atoms with Gasteiger partial charge in [-0.1, -0.05) is 141 Å². The Labute approximate surface area is 404 Å². The van der Waals surface area contributed by atoms with Crippen molar-refractivity contribution in [3.8, 4) is 79.0 Å². The number of ether oxygens (including phenoxy) is 1. The average Bonchev–Trinajstić information content (AvgIpc) is 3.62. The number of benzene rings is 8. The first-order chi connectivity index (χ1) is 33.9. The van der Waals surface area contributed by atoms with Gasteiger partial charge in [-0.25, -0.2) is 15.0 Å². The van der Waals surface area contributed by atoms with E-state index in [9.17, 15) is 0 Å². The Bertz CT molecular complexity index is 3340. The second kappa shape index (κ2) is 15.7. The van der Waals surface area contributed by atoms with Gasteiger partial charge in [0.15, 0.2) is 29.0 Å². The van der Waals surface area contributed by atoms with Gasteiger partial charge in [-0.15, -0.1) is 0 Å². The Kier molecular flexibility index (Phi) is 9.21. The number of aromatic nitrogens is 3. The standard InChI is InChI=1S/C64H52N4O/c1-64(2)54-28-24-44(37-53(54)52-27-23-45(38-55(52)64)60-48-30-39-29-40(32-48)33-49(60)31-39)47-34-46(41-21-25-51(26-22-41)68-56-17-9-11-19-58(56)69-59-20-12-10-18-57(59)68)35-50(36-47)63-66-61(42-13-5-3-6-14-42)65-62(67-63)43-15-7-4-8-16-43/h3-28,34-40,48-49,60H,29-33H2,1-2H3. The van der Waals surface area contributed by atoms with E-state index in [1.807, 2.05) is 60.7 Å². The zero-order valence-electron chi connectivity index (χ0n) is 39.0. The first-order valence-electron chi connectivity index (χ1n) is 25.0. The Hall–Kier alpha value is -7.63. The monoisotopic (exact) mass is 892 g/mol. The van der Waals surface area contributed by atoms with Gasteiger partial charge in [0.05, 0.1) is 11.4 Å². The van der Waals surface area contributed by atoms with Crippen LogP contribution in [0.15, 0.2) is 188 Å². The van der Waals surface area contributed by atoms with Gasteiger partial charge in [0.25, 0.3) is 0 Å². The highest BCUT2D eigenvalue weighted by Crippen LogP contribution is 2.61. The van der Waals surface area contributed by atoms with Crippen LogP contribution in [0.3, 0.4) is 0 Å². The van der Waals surface area contributed by atoms with Crippen LogP contribution < -0.4 is 9.64 Å². The lowest BCUT2D eigenvalue weighted by Crippen LogP contribution is -2.43. The molecule has 69 heavy (non-hydrogen) atoms. The number of para-hydroxylation sites is 4. The van der Waals surface area contributed by atoms with Gasteiger partial charge in [0.1, 0.15) is 0 Å². The van der Waals surface area contributed by atoms with Crippen LogP contribution >= 0.6 is 0 Å². The predicted octanol–water partition coefficient (Wildman–Crippen LogP) is 16.6. The van der Waals surface area contributed by atoms with Crippen LogP contribution in [0.5, 0.6) is 11.5 Å². The van der Waals surface area contributed by atoms with Gasteiger partial charge in [0.2, 0.25) is 0 Å². The molecule has 4 bridgehead atoms. The maximum atomic E-state index is 6.36. The molecule has 5 aliphatic carbocycles. The highest BCUT2D eigenvalue weighted by molar-refractivity contribution is 5.89. The molecule has 1 aromatic heterocycles. The van der Waals surface area contributed by atoms with Gasteiger partial charge in [-0.2, -0.15) is 0 Å². The molecule has 5 nitrogen and oxygen atoms in total. The fraction of sp³-hybridized carbons (Fsp3) is 0.203. The van der Waals surface area contributed by atoms with Gasteiger partial charge in [-0.3, -0.25) is 0 Å². The summed E-state index contributed by atoms with van der Waals surface area (Å²) < 4.78 is 6.36. The highest BCUT2D eigenvalue weighted by atomic mass is 16.5. The molecule has 1 aliphatic heterocycles. The third-order valence-corrected chi connectivity index (χ3v) is 16.4. The normalized spacial score (nSPS) is 21.0. The van der Waals surface area contributed by atoms with Gasteiger partial charge in [-0.05, 0) is 172 Å². The Morgan fingerprint density at radius 3 is 1.55 bits per heavy atom. The van der Waals surface area contributed by atoms with E-state index in [1.54, 1.807) is 5.56 Å². The van der Waals surface area contributed by atoms with E-state index in [0.29, 0.717) is 23.4 Å². The molecule has 334 valence electrons. The van der Waals surface area contributed by atoms with Crippen LogP contribution in [0.25, 0.3) is 67.5 Å². The van der Waals surface area contributed by atoms with E-state index in [4.69, 9.17) is 19.7 Å². The highest BCUT2D eigenvalue weighted by Gasteiger charge is 2.49. The van der Waals surface area contributed by atoms with Crippen molar-refractivity contribution in [3.63, 3.8) is 0 Å². The van der Waals surface area contributed by atoms with Gasteiger partial charge < -0.3 is 9.64 Å². The number of hydrogen-bond donors (Lipinski definition) is 0. The van der Waals surface area contributed by atoms with Crippen LogP contribution in [0.2, 0.25) is 0 Å². The largest absolute Gasteiger partial charge is 0.453 e. The van der Waals surface area contributed by atoms with E-state index in [-0.39, 0.29) is 5.41 Å². The third kappa shape index (κ3) is 6.76. The molecular formula is C64H52N4O. The predicted molar refractivity (Wildman–Crippen MR) is 279 cm³/mol. The summed E-state index contributed by atoms with van der Waals surface area (Å²) >= 11 is 0. The van der Waals surface area contributed by atoms with E-state index in [1.165, 1.54) is 59.9 Å². The maximum absolute atomic E-state index is 6.36. The lowest BCUT2D eigenvalue weighted by Gasteiger charge is -2.54. The molecule has 2 heterocycles. The Morgan fingerprint density at radius 2 is 0.942 bits per heavy atom. The van der Waals surface area contributed by atoms with E-state index >= 15 is 0 Å². The minimum Gasteiger partial charge on any atom is -0.453 e. The zero-order valence-corrected chi connectivity index (χ0v) is 39.0. The molecule has 4 fully saturated rings. The quantitative estimate of drug-likeness (QED) is 0.160. The summed E-state index contributed by atoms with van der Waals surface area (Å²) in [5.41, 5.74) is 17.5. The van der Waals surface area contributed by atoms with Crippen molar-refractivity contribution >= 4 is 17.1 Å². The number of anilines is 3. The van der Waals surface area contributed by atoms with Crippen LogP contribution in [0.1, 0.15) is 68.6 Å². The number of rotatable bonds is 7. The van der Waals surface area contributed by atoms with Crippen molar-refractivity contribution in [2.24, 2.45) is 23.7 Å². The summed E-state index contributed by atoms with van der Waals surface area (Å²) in [6.45, 7) is 4.87. The molecule has 0 spiro atoms. The summed E-state index contributed by atoms with van der Waals surface area (Å²) in [6.07, 6.45) is 7.25. The van der Waals surface area contributed by atoms with E-state index in [2.05, 4.69) is 146 Å². The van der Waals surface area contributed by atoms with Crippen molar-refractivity contribution in [2.45, 2.75) is 57.3 Å². The second-order valence-electron chi connectivity index (χ2n) is 20.9. The molecule has 0 N–H and O–H groups in total. The summed E-state index contributed by atoms with van der Waals surface area (Å²) in [5, 5.41) is 0. The van der Waals surface area contributed by atoms with Crippen molar-refractivity contribution in [1.82, 2.24) is 15.0 Å². The summed E-state index contributed by atoms with van der Waals surface area (Å²) in [7, 11) is 0. The van der Waals surface area contributed by atoms with Crippen molar-refractivity contribution in [2.75, 3.05) is 4.90 Å². The van der Waals surface area contributed by atoms with Crippen LogP contribution in [0.4, 0.5) is 17.1 Å². The van der Waals surface area contributed by atoms with E-state index < -0.39 is 0 Å². The van der Waals surface area contributed by atoms with Gasteiger partial charge >= 0.3 is 0 Å². The zero-order chi connectivity index (χ0) is 45.8. The molecule has 0 saturated heterocycles. The van der Waals surface area contributed by atoms with Crippen molar-refractivity contribution in [3.05, 3.63) is 205 Å². The van der Waals surface area contributed by atoms with Gasteiger partial charge in [0, 0.05) is 27.8 Å². The van der Waals surface area contributed by atoms with Crippen LogP contribution in [0, 0.1) is 23.7 Å². The van der Waals surface area contributed by atoms with Crippen molar-refractivity contribution < 1.29 is 4.74 Å². The molecule has 8 aromatic carbocycles. The smallest absolute Gasteiger partial charge is 0.164 e. The van der Waals surface area contributed by atoms with E-state index in [0.717, 1.165) is 85.6 Å². The summed E-state index contributed by atoms with van der Waals surface area (Å²) in [6, 6.07) is 67.5. The summed E-state index contributed by atoms with van der Waals surface area (Å²) in [5.74, 6) is 7.99. The minimum absolute atomic E-state index is 0.0893. The SMILES string of the molecule is CC1(C)c2ccc(-c3cc(-c4ccc(N5c6ccccc6Oc6ccccc65)cc4)cc(-c4nc(-c5ccccc5)nc(-c5ccccc5)n4)c3)cc2-c2ccc(C3C4CC5CC(C4)CC3C5)cc21.